The third kappa shape index (κ3) is 5.47. The molecular formula is C19H23ClN2O3S. The van der Waals surface area contributed by atoms with Gasteiger partial charge in [-0.3, -0.25) is 9.10 Å². The summed E-state index contributed by atoms with van der Waals surface area (Å²) in [5.41, 5.74) is 3.09. The second-order valence-electron chi connectivity index (χ2n) is 6.24. The van der Waals surface area contributed by atoms with Crippen molar-refractivity contribution in [3.05, 3.63) is 64.2 Å². The second-order valence-corrected chi connectivity index (χ2v) is 8.66. The molecule has 0 unspecified atom stereocenters. The Balaban J connectivity index is 1.97. The average molecular weight is 395 g/mol. The van der Waals surface area contributed by atoms with Gasteiger partial charge in [-0.15, -0.1) is 0 Å². The summed E-state index contributed by atoms with van der Waals surface area (Å²) in [6, 6.07) is 12.9. The van der Waals surface area contributed by atoms with E-state index in [1.165, 1.54) is 30.3 Å². The summed E-state index contributed by atoms with van der Waals surface area (Å²) in [6.45, 7) is 2.55. The molecule has 1 N–H and O–H groups in total. The lowest BCUT2D eigenvalue weighted by molar-refractivity contribution is 0.0953. The van der Waals surface area contributed by atoms with Crippen LogP contribution in [0.15, 0.2) is 42.5 Å². The van der Waals surface area contributed by atoms with Crippen molar-refractivity contribution in [2.75, 3.05) is 24.2 Å². The number of amides is 1. The molecule has 0 saturated carbocycles. The van der Waals surface area contributed by atoms with Gasteiger partial charge in [0.1, 0.15) is 0 Å². The third-order valence-electron chi connectivity index (χ3n) is 4.10. The van der Waals surface area contributed by atoms with Crippen molar-refractivity contribution < 1.29 is 13.2 Å². The molecule has 7 heteroatoms. The fraction of sp³-hybridized carbons (Fsp3) is 0.316. The van der Waals surface area contributed by atoms with E-state index >= 15 is 0 Å². The lowest BCUT2D eigenvalue weighted by atomic mass is 10.1. The second kappa shape index (κ2) is 8.56. The molecule has 0 aliphatic rings. The van der Waals surface area contributed by atoms with Gasteiger partial charge in [0.2, 0.25) is 10.0 Å². The predicted molar refractivity (Wildman–Crippen MR) is 107 cm³/mol. The maximum Gasteiger partial charge on any atom is 0.252 e. The van der Waals surface area contributed by atoms with Crippen LogP contribution in [0.2, 0.25) is 5.02 Å². The first-order valence-electron chi connectivity index (χ1n) is 8.25. The van der Waals surface area contributed by atoms with Crippen LogP contribution in [0.4, 0.5) is 5.69 Å². The molecule has 2 aromatic carbocycles. The molecule has 0 fully saturated rings. The smallest absolute Gasteiger partial charge is 0.252 e. The van der Waals surface area contributed by atoms with Gasteiger partial charge in [0.25, 0.3) is 5.91 Å². The van der Waals surface area contributed by atoms with E-state index in [0.717, 1.165) is 23.4 Å². The number of aryl methyl sites for hydroxylation is 2. The van der Waals surface area contributed by atoms with Gasteiger partial charge in [0.05, 0.1) is 22.5 Å². The molecule has 0 aliphatic carbocycles. The normalized spacial score (nSPS) is 11.2. The molecule has 0 bridgehead atoms. The van der Waals surface area contributed by atoms with E-state index in [2.05, 4.69) is 29.6 Å². The number of carbonyl (C=O) groups excluding carboxylic acids is 1. The highest BCUT2D eigenvalue weighted by Gasteiger charge is 2.16. The molecule has 2 rings (SSSR count). The van der Waals surface area contributed by atoms with E-state index in [4.69, 9.17) is 11.6 Å². The van der Waals surface area contributed by atoms with Crippen LogP contribution in [0.3, 0.4) is 0 Å². The Morgan fingerprint density at radius 2 is 1.81 bits per heavy atom. The summed E-state index contributed by atoms with van der Waals surface area (Å²) in [7, 11) is -1.97. The molecule has 0 spiro atoms. The minimum atomic E-state index is -3.41. The Kier molecular flexibility index (Phi) is 6.67. The molecule has 26 heavy (non-hydrogen) atoms. The summed E-state index contributed by atoms with van der Waals surface area (Å²) in [6.07, 6.45) is 2.77. The Morgan fingerprint density at radius 3 is 2.42 bits per heavy atom. The zero-order valence-electron chi connectivity index (χ0n) is 15.1. The Bertz CT molecular complexity index is 880. The van der Waals surface area contributed by atoms with E-state index in [-0.39, 0.29) is 16.5 Å². The van der Waals surface area contributed by atoms with Crippen LogP contribution >= 0.6 is 11.6 Å². The summed E-state index contributed by atoms with van der Waals surface area (Å²) in [4.78, 5) is 12.4. The zero-order valence-corrected chi connectivity index (χ0v) is 16.7. The molecule has 1 amide bonds. The van der Waals surface area contributed by atoms with Crippen molar-refractivity contribution in [3.63, 3.8) is 0 Å². The first kappa shape index (κ1) is 20.3. The number of hydrogen-bond acceptors (Lipinski definition) is 3. The highest BCUT2D eigenvalue weighted by atomic mass is 35.5. The number of hydrogen-bond donors (Lipinski definition) is 1. The summed E-state index contributed by atoms with van der Waals surface area (Å²) < 4.78 is 24.4. The average Bonchev–Trinajstić information content (AvgIpc) is 2.59. The number of benzene rings is 2. The van der Waals surface area contributed by atoms with Crippen molar-refractivity contribution in [1.29, 1.82) is 0 Å². The highest BCUT2D eigenvalue weighted by molar-refractivity contribution is 7.92. The van der Waals surface area contributed by atoms with Crippen LogP contribution in [-0.2, 0) is 16.4 Å². The molecule has 0 atom stereocenters. The van der Waals surface area contributed by atoms with Crippen LogP contribution in [0.1, 0.15) is 27.9 Å². The van der Waals surface area contributed by atoms with Gasteiger partial charge in [0, 0.05) is 13.6 Å². The third-order valence-corrected chi connectivity index (χ3v) is 5.64. The number of halogens is 1. The van der Waals surface area contributed by atoms with E-state index in [0.29, 0.717) is 12.2 Å². The topological polar surface area (TPSA) is 66.5 Å². The van der Waals surface area contributed by atoms with Crippen molar-refractivity contribution >= 4 is 33.2 Å². The molecule has 0 aliphatic heterocycles. The van der Waals surface area contributed by atoms with Gasteiger partial charge >= 0.3 is 0 Å². The Morgan fingerprint density at radius 1 is 1.15 bits per heavy atom. The van der Waals surface area contributed by atoms with Crippen molar-refractivity contribution in [2.45, 2.75) is 19.8 Å². The van der Waals surface area contributed by atoms with Gasteiger partial charge in [-0.05, 0) is 43.5 Å². The molecule has 5 nitrogen and oxygen atoms in total. The number of sulfonamides is 1. The van der Waals surface area contributed by atoms with E-state index in [1.807, 2.05) is 6.92 Å². The first-order valence-corrected chi connectivity index (χ1v) is 10.5. The van der Waals surface area contributed by atoms with E-state index < -0.39 is 10.0 Å². The monoisotopic (exact) mass is 394 g/mol. The quantitative estimate of drug-likeness (QED) is 0.732. The molecule has 0 heterocycles. The zero-order chi connectivity index (χ0) is 19.3. The van der Waals surface area contributed by atoms with Gasteiger partial charge in [-0.25, -0.2) is 8.42 Å². The molecule has 2 aromatic rings. The van der Waals surface area contributed by atoms with E-state index in [9.17, 15) is 13.2 Å². The number of anilines is 1. The maximum absolute atomic E-state index is 12.4. The number of carbonyl (C=O) groups is 1. The number of rotatable bonds is 7. The fourth-order valence-corrected chi connectivity index (χ4v) is 3.12. The highest BCUT2D eigenvalue weighted by Crippen LogP contribution is 2.24. The summed E-state index contributed by atoms with van der Waals surface area (Å²) >= 11 is 6.10. The van der Waals surface area contributed by atoms with Gasteiger partial charge in [0.15, 0.2) is 0 Å². The van der Waals surface area contributed by atoms with Crippen LogP contribution in [0, 0.1) is 6.92 Å². The van der Waals surface area contributed by atoms with Gasteiger partial charge < -0.3 is 5.32 Å². The molecule has 0 radical (unpaired) electrons. The molecule has 0 saturated heterocycles. The van der Waals surface area contributed by atoms with Crippen LogP contribution < -0.4 is 9.62 Å². The standard InChI is InChI=1S/C19H23ClN2O3S/c1-14-6-8-15(9-7-14)5-4-12-21-19(23)17-13-16(10-11-18(17)20)22(2)26(3,24)25/h6-11,13H,4-5,12H2,1-3H3,(H,21,23). The van der Waals surface area contributed by atoms with Crippen LogP contribution in [0.5, 0.6) is 0 Å². The van der Waals surface area contributed by atoms with E-state index in [1.54, 1.807) is 6.07 Å². The molecule has 140 valence electrons. The van der Waals surface area contributed by atoms with Crippen molar-refractivity contribution in [1.82, 2.24) is 5.32 Å². The summed E-state index contributed by atoms with van der Waals surface area (Å²) in [5, 5.41) is 3.12. The molecule has 0 aromatic heterocycles. The lowest BCUT2D eigenvalue weighted by Gasteiger charge is -2.18. The SMILES string of the molecule is Cc1ccc(CCCNC(=O)c2cc(N(C)S(C)(=O)=O)ccc2Cl)cc1. The maximum atomic E-state index is 12.4. The van der Waals surface area contributed by atoms with Crippen molar-refractivity contribution in [2.24, 2.45) is 0 Å². The predicted octanol–water partition coefficient (Wildman–Crippen LogP) is 3.41. The lowest BCUT2D eigenvalue weighted by Crippen LogP contribution is -2.27. The minimum Gasteiger partial charge on any atom is -0.352 e. The number of nitrogens with one attached hydrogen (secondary N) is 1. The summed E-state index contributed by atoms with van der Waals surface area (Å²) in [5.74, 6) is -0.317. The van der Waals surface area contributed by atoms with Crippen molar-refractivity contribution in [3.8, 4) is 0 Å². The number of nitrogens with zero attached hydrogens (tertiary/aromatic N) is 1. The van der Waals surface area contributed by atoms with Crippen LogP contribution in [-0.4, -0.2) is 34.2 Å². The first-order chi connectivity index (χ1) is 12.2. The minimum absolute atomic E-state index is 0.259. The Hall–Kier alpha value is -2.05. The van der Waals surface area contributed by atoms with Gasteiger partial charge in [-0.2, -0.15) is 0 Å². The Labute approximate surface area is 160 Å². The van der Waals surface area contributed by atoms with Gasteiger partial charge in [-0.1, -0.05) is 41.4 Å². The van der Waals surface area contributed by atoms with Crippen LogP contribution in [0.25, 0.3) is 0 Å². The fourth-order valence-electron chi connectivity index (χ4n) is 2.42. The largest absolute Gasteiger partial charge is 0.352 e. The molecular weight excluding hydrogens is 372 g/mol.